The van der Waals surface area contributed by atoms with E-state index in [1.54, 1.807) is 44.4 Å². The Bertz CT molecular complexity index is 627. The summed E-state index contributed by atoms with van der Waals surface area (Å²) in [6.07, 6.45) is 0. The molecule has 0 atom stereocenters. The third kappa shape index (κ3) is 3.16. The van der Waals surface area contributed by atoms with E-state index in [1.165, 1.54) is 4.90 Å². The van der Waals surface area contributed by atoms with Gasteiger partial charge in [0.25, 0.3) is 5.91 Å². The number of carbonyl (C=O) groups excluding carboxylic acids is 1. The van der Waals surface area contributed by atoms with Crippen LogP contribution in [0.5, 0.6) is 0 Å². The van der Waals surface area contributed by atoms with Crippen LogP contribution >= 0.6 is 11.6 Å². The van der Waals surface area contributed by atoms with Gasteiger partial charge in [0.1, 0.15) is 0 Å². The van der Waals surface area contributed by atoms with Gasteiger partial charge in [0, 0.05) is 19.8 Å². The average molecular weight is 292 g/mol. The molecule has 6 nitrogen and oxygen atoms in total. The summed E-state index contributed by atoms with van der Waals surface area (Å²) < 4.78 is 0. The number of rotatable bonds is 3. The Morgan fingerprint density at radius 3 is 2.60 bits per heavy atom. The third-order valence-corrected chi connectivity index (χ3v) is 2.87. The minimum Gasteiger partial charge on any atom is -0.399 e. The van der Waals surface area contributed by atoms with Gasteiger partial charge in [0.15, 0.2) is 11.5 Å². The molecule has 0 bridgehead atoms. The average Bonchev–Trinajstić information content (AvgIpc) is 2.43. The molecule has 1 aromatic heterocycles. The highest BCUT2D eigenvalue weighted by Crippen LogP contribution is 2.26. The Morgan fingerprint density at radius 2 is 2.00 bits per heavy atom. The van der Waals surface area contributed by atoms with Crippen molar-refractivity contribution in [3.05, 3.63) is 41.0 Å². The van der Waals surface area contributed by atoms with Gasteiger partial charge in [-0.1, -0.05) is 11.6 Å². The second-order valence-electron chi connectivity index (χ2n) is 4.37. The number of nitrogen functional groups attached to an aromatic ring is 1. The third-order valence-electron chi connectivity index (χ3n) is 2.54. The van der Waals surface area contributed by atoms with E-state index in [1.807, 2.05) is 0 Å². The Labute approximate surface area is 121 Å². The van der Waals surface area contributed by atoms with Crippen LogP contribution in [-0.2, 0) is 0 Å². The van der Waals surface area contributed by atoms with E-state index >= 15 is 0 Å². The monoisotopic (exact) mass is 291 g/mol. The Morgan fingerprint density at radius 1 is 1.25 bits per heavy atom. The number of nitrogens with zero attached hydrogens (tertiary/aromatic N) is 3. The molecule has 3 N–H and O–H groups in total. The number of halogens is 1. The van der Waals surface area contributed by atoms with E-state index in [4.69, 9.17) is 17.3 Å². The van der Waals surface area contributed by atoms with Gasteiger partial charge in [-0.3, -0.25) is 4.79 Å². The number of carbonyl (C=O) groups is 1. The maximum absolute atomic E-state index is 11.7. The van der Waals surface area contributed by atoms with Crippen molar-refractivity contribution in [2.45, 2.75) is 0 Å². The first-order valence-corrected chi connectivity index (χ1v) is 6.22. The molecular weight excluding hydrogens is 278 g/mol. The molecule has 0 aliphatic carbocycles. The lowest BCUT2D eigenvalue weighted by molar-refractivity contribution is 0.0821. The number of anilines is 3. The zero-order valence-electron chi connectivity index (χ0n) is 11.1. The Hall–Kier alpha value is -2.34. The smallest absolute Gasteiger partial charge is 0.273 e. The maximum atomic E-state index is 11.7. The first-order valence-electron chi connectivity index (χ1n) is 5.85. The lowest BCUT2D eigenvalue weighted by Gasteiger charge is -2.10. The fourth-order valence-corrected chi connectivity index (χ4v) is 1.68. The Balaban J connectivity index is 2.19. The van der Waals surface area contributed by atoms with Gasteiger partial charge in [-0.2, -0.15) is 0 Å². The van der Waals surface area contributed by atoms with E-state index in [0.717, 1.165) is 0 Å². The van der Waals surface area contributed by atoms with E-state index in [9.17, 15) is 4.79 Å². The summed E-state index contributed by atoms with van der Waals surface area (Å²) in [4.78, 5) is 13.1. The number of benzene rings is 1. The molecule has 2 rings (SSSR count). The molecule has 0 saturated heterocycles. The largest absolute Gasteiger partial charge is 0.399 e. The van der Waals surface area contributed by atoms with Crippen LogP contribution in [0.3, 0.4) is 0 Å². The van der Waals surface area contributed by atoms with Crippen LogP contribution < -0.4 is 11.1 Å². The number of nitrogens with two attached hydrogens (primary N) is 1. The first kappa shape index (κ1) is 14.1. The van der Waals surface area contributed by atoms with E-state index in [-0.39, 0.29) is 11.6 Å². The number of aromatic nitrogens is 2. The standard InChI is InChI=1S/C13H14ClN5O/c1-19(2)13(20)10-5-6-12(18-17-10)16-11-7-8(15)3-4-9(11)14/h3-7H,15H2,1-2H3,(H,16,18). The van der Waals surface area contributed by atoms with Crippen molar-refractivity contribution in [2.75, 3.05) is 25.1 Å². The molecule has 7 heteroatoms. The zero-order chi connectivity index (χ0) is 14.7. The van der Waals surface area contributed by atoms with Crippen molar-refractivity contribution in [1.29, 1.82) is 0 Å². The summed E-state index contributed by atoms with van der Waals surface area (Å²) in [5, 5.41) is 11.3. The van der Waals surface area contributed by atoms with Gasteiger partial charge in [0.2, 0.25) is 0 Å². The second kappa shape index (κ2) is 5.75. The fourth-order valence-electron chi connectivity index (χ4n) is 1.52. The highest BCUT2D eigenvalue weighted by atomic mass is 35.5. The summed E-state index contributed by atoms with van der Waals surface area (Å²) >= 11 is 6.04. The van der Waals surface area contributed by atoms with Crippen molar-refractivity contribution in [1.82, 2.24) is 15.1 Å². The van der Waals surface area contributed by atoms with Gasteiger partial charge < -0.3 is 16.0 Å². The predicted molar refractivity (Wildman–Crippen MR) is 79.2 cm³/mol. The number of hydrogen-bond acceptors (Lipinski definition) is 5. The minimum absolute atomic E-state index is 0.203. The Kier molecular flexibility index (Phi) is 4.05. The highest BCUT2D eigenvalue weighted by Gasteiger charge is 2.10. The topological polar surface area (TPSA) is 84.1 Å². The number of hydrogen-bond donors (Lipinski definition) is 2. The minimum atomic E-state index is -0.203. The predicted octanol–water partition coefficient (Wildman–Crippen LogP) is 2.16. The molecule has 0 saturated carbocycles. The summed E-state index contributed by atoms with van der Waals surface area (Å²) in [6.45, 7) is 0. The summed E-state index contributed by atoms with van der Waals surface area (Å²) in [7, 11) is 3.31. The van der Waals surface area contributed by atoms with Crippen molar-refractivity contribution in [3.63, 3.8) is 0 Å². The molecule has 1 aromatic carbocycles. The normalized spacial score (nSPS) is 10.2. The van der Waals surface area contributed by atoms with Crippen LogP contribution in [0, 0.1) is 0 Å². The van der Waals surface area contributed by atoms with Crippen molar-refractivity contribution >= 4 is 34.7 Å². The molecule has 20 heavy (non-hydrogen) atoms. The molecule has 0 fully saturated rings. The molecule has 0 aliphatic rings. The van der Waals surface area contributed by atoms with Crippen molar-refractivity contribution in [3.8, 4) is 0 Å². The van der Waals surface area contributed by atoms with Crippen LogP contribution in [0.2, 0.25) is 5.02 Å². The van der Waals surface area contributed by atoms with Gasteiger partial charge in [-0.15, -0.1) is 10.2 Å². The van der Waals surface area contributed by atoms with Crippen LogP contribution in [0.25, 0.3) is 0 Å². The van der Waals surface area contributed by atoms with E-state index < -0.39 is 0 Å². The molecule has 0 aliphatic heterocycles. The lowest BCUT2D eigenvalue weighted by Crippen LogP contribution is -2.23. The van der Waals surface area contributed by atoms with Gasteiger partial charge >= 0.3 is 0 Å². The van der Waals surface area contributed by atoms with Crippen molar-refractivity contribution in [2.24, 2.45) is 0 Å². The zero-order valence-corrected chi connectivity index (χ0v) is 11.8. The SMILES string of the molecule is CN(C)C(=O)c1ccc(Nc2cc(N)ccc2Cl)nn1. The molecule has 2 aromatic rings. The quantitative estimate of drug-likeness (QED) is 0.847. The van der Waals surface area contributed by atoms with Gasteiger partial charge in [-0.25, -0.2) is 0 Å². The fraction of sp³-hybridized carbons (Fsp3) is 0.154. The maximum Gasteiger partial charge on any atom is 0.273 e. The molecular formula is C13H14ClN5O. The summed E-state index contributed by atoms with van der Waals surface area (Å²) in [5.41, 5.74) is 7.19. The molecule has 0 unspecified atom stereocenters. The van der Waals surface area contributed by atoms with Crippen molar-refractivity contribution < 1.29 is 4.79 Å². The molecule has 104 valence electrons. The highest BCUT2D eigenvalue weighted by molar-refractivity contribution is 6.33. The van der Waals surface area contributed by atoms with Gasteiger partial charge in [-0.05, 0) is 30.3 Å². The van der Waals surface area contributed by atoms with Crippen LogP contribution in [0.15, 0.2) is 30.3 Å². The molecule has 0 spiro atoms. The number of nitrogens with one attached hydrogen (secondary N) is 1. The van der Waals surface area contributed by atoms with Gasteiger partial charge in [0.05, 0.1) is 10.7 Å². The first-order chi connectivity index (χ1) is 9.47. The number of amides is 1. The summed E-state index contributed by atoms with van der Waals surface area (Å²) in [5.74, 6) is 0.277. The van der Waals surface area contributed by atoms with E-state index in [2.05, 4.69) is 15.5 Å². The molecule has 1 heterocycles. The lowest BCUT2D eigenvalue weighted by atomic mass is 10.3. The molecule has 0 radical (unpaired) electrons. The van der Waals surface area contributed by atoms with Crippen LogP contribution in [-0.4, -0.2) is 35.1 Å². The second-order valence-corrected chi connectivity index (χ2v) is 4.77. The van der Waals surface area contributed by atoms with Crippen LogP contribution in [0.1, 0.15) is 10.5 Å². The van der Waals surface area contributed by atoms with E-state index in [0.29, 0.717) is 22.2 Å². The van der Waals surface area contributed by atoms with Crippen LogP contribution in [0.4, 0.5) is 17.2 Å². The molecule has 1 amide bonds. The summed E-state index contributed by atoms with van der Waals surface area (Å²) in [6, 6.07) is 8.35.